The lowest BCUT2D eigenvalue weighted by Gasteiger charge is -2.35. The molecule has 1 aliphatic rings. The van der Waals surface area contributed by atoms with E-state index in [-0.39, 0.29) is 6.04 Å². The van der Waals surface area contributed by atoms with Crippen molar-refractivity contribution in [1.82, 2.24) is 15.3 Å². The van der Waals surface area contributed by atoms with Crippen molar-refractivity contribution in [2.24, 2.45) is 0 Å². The van der Waals surface area contributed by atoms with E-state index in [1.807, 2.05) is 12.1 Å². The Hall–Kier alpha value is -2.43. The summed E-state index contributed by atoms with van der Waals surface area (Å²) in [5.74, 6) is 0. The van der Waals surface area contributed by atoms with Crippen LogP contribution < -0.4 is 0 Å². The van der Waals surface area contributed by atoms with E-state index in [2.05, 4.69) is 70.7 Å². The molecule has 2 aromatic carbocycles. The zero-order valence-electron chi connectivity index (χ0n) is 13.1. The van der Waals surface area contributed by atoms with Crippen LogP contribution in [-0.2, 0) is 18.0 Å². The van der Waals surface area contributed by atoms with E-state index in [1.54, 1.807) is 0 Å². The monoisotopic (exact) mass is 305 g/mol. The van der Waals surface area contributed by atoms with Gasteiger partial charge in [0.05, 0.1) is 18.3 Å². The minimum Gasteiger partial charge on any atom is -0.291 e. The highest BCUT2D eigenvalue weighted by Gasteiger charge is 2.33. The number of fused-ring (bicyclic) bond motifs is 1. The predicted molar refractivity (Wildman–Crippen MR) is 88.4 cm³/mol. The van der Waals surface area contributed by atoms with Crippen molar-refractivity contribution in [2.45, 2.75) is 26.1 Å². The van der Waals surface area contributed by atoms with Crippen LogP contribution in [0.1, 0.15) is 34.1 Å². The number of hydrogen-bond acceptors (Lipinski definition) is 3. The standard InChI is InChI=1S/C19H19N3O/c1-14-18-17(21-20-14)13-23-22(12-15-8-4-2-5-9-15)19(18)16-10-6-3-7-11-16/h2-11,19H,12-13H2,1H3,(H,20,21). The molecule has 0 saturated carbocycles. The normalized spacial score (nSPS) is 17.9. The SMILES string of the molecule is Cc1[nH]nc2c1C(c1ccccc1)N(Cc1ccccc1)OC2. The first-order valence-corrected chi connectivity index (χ1v) is 7.85. The first kappa shape index (κ1) is 14.2. The first-order chi connectivity index (χ1) is 11.3. The minimum atomic E-state index is 0.0545. The third-order valence-corrected chi connectivity index (χ3v) is 4.30. The molecule has 4 nitrogen and oxygen atoms in total. The second-order valence-electron chi connectivity index (χ2n) is 5.86. The summed E-state index contributed by atoms with van der Waals surface area (Å²) in [5, 5.41) is 9.57. The number of nitrogens with zero attached hydrogens (tertiary/aromatic N) is 2. The van der Waals surface area contributed by atoms with Crippen LogP contribution in [0.25, 0.3) is 0 Å². The average molecular weight is 305 g/mol. The fourth-order valence-corrected chi connectivity index (χ4v) is 3.19. The third kappa shape index (κ3) is 2.67. The Morgan fingerprint density at radius 1 is 1.09 bits per heavy atom. The molecule has 0 radical (unpaired) electrons. The lowest BCUT2D eigenvalue weighted by atomic mass is 9.95. The highest BCUT2D eigenvalue weighted by atomic mass is 16.7. The summed E-state index contributed by atoms with van der Waals surface area (Å²) in [5.41, 5.74) is 5.79. The van der Waals surface area contributed by atoms with Gasteiger partial charge in [-0.15, -0.1) is 0 Å². The van der Waals surface area contributed by atoms with Gasteiger partial charge in [0.2, 0.25) is 0 Å². The smallest absolute Gasteiger partial charge is 0.113 e. The zero-order chi connectivity index (χ0) is 15.6. The molecule has 116 valence electrons. The van der Waals surface area contributed by atoms with E-state index in [4.69, 9.17) is 4.84 Å². The number of hydrogen-bond donors (Lipinski definition) is 1. The van der Waals surface area contributed by atoms with Crippen molar-refractivity contribution >= 4 is 0 Å². The van der Waals surface area contributed by atoms with Gasteiger partial charge in [0.25, 0.3) is 0 Å². The van der Waals surface area contributed by atoms with Crippen LogP contribution in [0.15, 0.2) is 60.7 Å². The van der Waals surface area contributed by atoms with Gasteiger partial charge < -0.3 is 0 Å². The van der Waals surface area contributed by atoms with Crippen LogP contribution in [0.2, 0.25) is 0 Å². The van der Waals surface area contributed by atoms with E-state index in [9.17, 15) is 0 Å². The Labute approximate surface area is 135 Å². The van der Waals surface area contributed by atoms with E-state index in [0.29, 0.717) is 6.61 Å². The maximum absolute atomic E-state index is 6.04. The highest BCUT2D eigenvalue weighted by molar-refractivity contribution is 5.37. The molecule has 1 N–H and O–H groups in total. The van der Waals surface area contributed by atoms with Crippen LogP contribution in [0.4, 0.5) is 0 Å². The molecular weight excluding hydrogens is 286 g/mol. The van der Waals surface area contributed by atoms with Gasteiger partial charge in [-0.25, -0.2) is 0 Å². The first-order valence-electron chi connectivity index (χ1n) is 7.85. The number of aromatic nitrogens is 2. The number of rotatable bonds is 3. The topological polar surface area (TPSA) is 41.2 Å². The number of H-pyrrole nitrogens is 1. The van der Waals surface area contributed by atoms with Crippen LogP contribution in [0.5, 0.6) is 0 Å². The quantitative estimate of drug-likeness (QED) is 0.801. The molecule has 23 heavy (non-hydrogen) atoms. The lowest BCUT2D eigenvalue weighted by molar-refractivity contribution is -0.208. The van der Waals surface area contributed by atoms with Crippen LogP contribution in [0.3, 0.4) is 0 Å². The molecule has 0 amide bonds. The van der Waals surface area contributed by atoms with Crippen LogP contribution >= 0.6 is 0 Å². The van der Waals surface area contributed by atoms with E-state index in [0.717, 1.165) is 17.9 Å². The highest BCUT2D eigenvalue weighted by Crippen LogP contribution is 2.37. The second kappa shape index (κ2) is 5.99. The molecule has 1 aliphatic heterocycles. The number of aryl methyl sites for hydroxylation is 1. The van der Waals surface area contributed by atoms with E-state index >= 15 is 0 Å². The summed E-state index contributed by atoms with van der Waals surface area (Å²) in [4.78, 5) is 6.04. The lowest BCUT2D eigenvalue weighted by Crippen LogP contribution is -2.34. The summed E-state index contributed by atoms with van der Waals surface area (Å²) < 4.78 is 0. The Kier molecular flexibility index (Phi) is 3.69. The molecule has 0 aliphatic carbocycles. The van der Waals surface area contributed by atoms with Gasteiger partial charge in [0.15, 0.2) is 0 Å². The average Bonchev–Trinajstić information content (AvgIpc) is 2.98. The van der Waals surface area contributed by atoms with Gasteiger partial charge in [-0.2, -0.15) is 10.2 Å². The summed E-state index contributed by atoms with van der Waals surface area (Å²) in [6.07, 6.45) is 0. The zero-order valence-corrected chi connectivity index (χ0v) is 13.1. The van der Waals surface area contributed by atoms with Gasteiger partial charge in [0.1, 0.15) is 6.61 Å². The number of hydroxylamine groups is 2. The van der Waals surface area contributed by atoms with Crippen molar-refractivity contribution in [3.05, 3.63) is 88.7 Å². The molecule has 4 heteroatoms. The molecule has 1 aromatic heterocycles. The van der Waals surface area contributed by atoms with Crippen molar-refractivity contribution < 1.29 is 4.84 Å². The number of aromatic amines is 1. The van der Waals surface area contributed by atoms with E-state index in [1.165, 1.54) is 16.7 Å². The second-order valence-corrected chi connectivity index (χ2v) is 5.86. The fraction of sp³-hybridized carbons (Fsp3) is 0.211. The molecule has 0 fully saturated rings. The molecule has 1 unspecified atom stereocenters. The van der Waals surface area contributed by atoms with Gasteiger partial charge in [0, 0.05) is 11.3 Å². The molecule has 4 rings (SSSR count). The van der Waals surface area contributed by atoms with Gasteiger partial charge >= 0.3 is 0 Å². The Bertz CT molecular complexity index is 783. The number of nitrogens with one attached hydrogen (secondary N) is 1. The summed E-state index contributed by atoms with van der Waals surface area (Å²) in [6.45, 7) is 3.33. The predicted octanol–water partition coefficient (Wildman–Crippen LogP) is 3.75. The van der Waals surface area contributed by atoms with Crippen LogP contribution in [-0.4, -0.2) is 15.3 Å². The maximum Gasteiger partial charge on any atom is 0.113 e. The Morgan fingerprint density at radius 3 is 2.52 bits per heavy atom. The fourth-order valence-electron chi connectivity index (χ4n) is 3.19. The molecule has 0 bridgehead atoms. The van der Waals surface area contributed by atoms with Crippen molar-refractivity contribution in [3.8, 4) is 0 Å². The van der Waals surface area contributed by atoms with Crippen molar-refractivity contribution in [2.75, 3.05) is 0 Å². The minimum absolute atomic E-state index is 0.0545. The molecule has 0 spiro atoms. The van der Waals surface area contributed by atoms with Crippen molar-refractivity contribution in [1.29, 1.82) is 0 Å². The molecule has 3 aromatic rings. The van der Waals surface area contributed by atoms with Crippen molar-refractivity contribution in [3.63, 3.8) is 0 Å². The maximum atomic E-state index is 6.04. The van der Waals surface area contributed by atoms with Gasteiger partial charge in [-0.1, -0.05) is 60.7 Å². The Balaban J connectivity index is 1.75. The molecule has 0 saturated heterocycles. The molecule has 1 atom stereocenters. The molecular formula is C19H19N3O. The van der Waals surface area contributed by atoms with Gasteiger partial charge in [-0.3, -0.25) is 9.94 Å². The third-order valence-electron chi connectivity index (χ3n) is 4.30. The summed E-state index contributed by atoms with van der Waals surface area (Å²) >= 11 is 0. The van der Waals surface area contributed by atoms with Gasteiger partial charge in [-0.05, 0) is 18.1 Å². The largest absolute Gasteiger partial charge is 0.291 e. The summed E-state index contributed by atoms with van der Waals surface area (Å²) in [7, 11) is 0. The molecule has 2 heterocycles. The number of benzene rings is 2. The Morgan fingerprint density at radius 2 is 1.78 bits per heavy atom. The summed E-state index contributed by atoms with van der Waals surface area (Å²) in [6, 6.07) is 20.9. The van der Waals surface area contributed by atoms with Crippen LogP contribution in [0, 0.1) is 6.92 Å². The van der Waals surface area contributed by atoms with E-state index < -0.39 is 0 Å².